The quantitative estimate of drug-likeness (QED) is 0.529. The van der Waals surface area contributed by atoms with Crippen LogP contribution >= 0.6 is 0 Å². The first kappa shape index (κ1) is 6.09. The second kappa shape index (κ2) is 1.92. The van der Waals surface area contributed by atoms with Crippen molar-refractivity contribution in [1.82, 2.24) is 4.98 Å². The minimum Gasteiger partial charge on any atom is -0.508 e. The van der Waals surface area contributed by atoms with Gasteiger partial charge in [0.1, 0.15) is 11.6 Å². The predicted molar refractivity (Wildman–Crippen MR) is 44.4 cm³/mol. The number of fused-ring (bicyclic) bond motifs is 1. The molecule has 1 aromatic heterocycles. The van der Waals surface area contributed by atoms with Gasteiger partial charge in [0.25, 0.3) is 0 Å². The smallest absolute Gasteiger partial charge is 0.116 e. The summed E-state index contributed by atoms with van der Waals surface area (Å²) in [5.41, 5.74) is 6.45. The fourth-order valence-corrected chi connectivity index (χ4v) is 1.14. The Morgan fingerprint density at radius 1 is 1.27 bits per heavy atom. The zero-order chi connectivity index (χ0) is 7.84. The van der Waals surface area contributed by atoms with Crippen molar-refractivity contribution >= 4 is 16.7 Å². The number of nitrogens with two attached hydrogens (primary N) is 1. The number of nitrogens with one attached hydrogen (secondary N) is 1. The fraction of sp³-hybridized carbons (Fsp3) is 0. The third kappa shape index (κ3) is 0.902. The minimum absolute atomic E-state index is 0.261. The number of anilines is 1. The summed E-state index contributed by atoms with van der Waals surface area (Å²) in [6.07, 6.45) is 0. The molecule has 0 unspecified atom stereocenters. The van der Waals surface area contributed by atoms with Crippen LogP contribution in [-0.4, -0.2) is 10.1 Å². The largest absolute Gasteiger partial charge is 0.508 e. The van der Waals surface area contributed by atoms with E-state index in [1.54, 1.807) is 24.3 Å². The van der Waals surface area contributed by atoms with Gasteiger partial charge in [-0.1, -0.05) is 0 Å². The lowest BCUT2D eigenvalue weighted by molar-refractivity contribution is 0.476. The second-order valence-electron chi connectivity index (χ2n) is 2.50. The van der Waals surface area contributed by atoms with Crippen molar-refractivity contribution in [2.45, 2.75) is 0 Å². The van der Waals surface area contributed by atoms with Gasteiger partial charge in [-0.05, 0) is 24.3 Å². The maximum absolute atomic E-state index is 9.08. The van der Waals surface area contributed by atoms with E-state index in [9.17, 15) is 0 Å². The molecule has 0 radical (unpaired) electrons. The molecule has 0 saturated heterocycles. The lowest BCUT2D eigenvalue weighted by Crippen LogP contribution is -1.80. The maximum Gasteiger partial charge on any atom is 0.116 e. The average molecular weight is 148 g/mol. The van der Waals surface area contributed by atoms with Crippen molar-refractivity contribution < 1.29 is 5.11 Å². The first-order valence-electron chi connectivity index (χ1n) is 3.33. The van der Waals surface area contributed by atoms with E-state index in [0.717, 1.165) is 10.9 Å². The Labute approximate surface area is 63.5 Å². The molecule has 0 bridgehead atoms. The number of hydrogen-bond acceptors (Lipinski definition) is 2. The Bertz CT molecular complexity index is 392. The van der Waals surface area contributed by atoms with Crippen LogP contribution in [0.5, 0.6) is 5.75 Å². The zero-order valence-corrected chi connectivity index (χ0v) is 5.83. The number of aromatic nitrogens is 1. The van der Waals surface area contributed by atoms with E-state index in [0.29, 0.717) is 5.82 Å². The van der Waals surface area contributed by atoms with Crippen LogP contribution in [0.25, 0.3) is 10.9 Å². The van der Waals surface area contributed by atoms with Gasteiger partial charge in [-0.15, -0.1) is 0 Å². The normalized spacial score (nSPS) is 10.5. The summed E-state index contributed by atoms with van der Waals surface area (Å²) in [6, 6.07) is 6.87. The molecule has 0 aliphatic rings. The number of aromatic amines is 1. The summed E-state index contributed by atoms with van der Waals surface area (Å²) < 4.78 is 0. The van der Waals surface area contributed by atoms with Gasteiger partial charge in [0.05, 0.1) is 0 Å². The van der Waals surface area contributed by atoms with Gasteiger partial charge in [-0.3, -0.25) is 0 Å². The number of benzene rings is 1. The van der Waals surface area contributed by atoms with Crippen molar-refractivity contribution in [3.05, 3.63) is 24.3 Å². The van der Waals surface area contributed by atoms with Crippen molar-refractivity contribution in [3.63, 3.8) is 0 Å². The zero-order valence-electron chi connectivity index (χ0n) is 5.83. The lowest BCUT2D eigenvalue weighted by Gasteiger charge is -1.89. The number of nitrogen functional groups attached to an aromatic ring is 1. The van der Waals surface area contributed by atoms with Crippen molar-refractivity contribution in [1.29, 1.82) is 0 Å². The maximum atomic E-state index is 9.08. The second-order valence-corrected chi connectivity index (χ2v) is 2.50. The highest BCUT2D eigenvalue weighted by Crippen LogP contribution is 2.20. The van der Waals surface area contributed by atoms with Crippen LogP contribution in [0.1, 0.15) is 0 Å². The van der Waals surface area contributed by atoms with Gasteiger partial charge in [0, 0.05) is 10.9 Å². The highest BCUT2D eigenvalue weighted by atomic mass is 16.3. The summed E-state index contributed by atoms with van der Waals surface area (Å²) in [5.74, 6) is 0.877. The van der Waals surface area contributed by atoms with E-state index in [-0.39, 0.29) is 5.75 Å². The van der Waals surface area contributed by atoms with Crippen LogP contribution in [-0.2, 0) is 0 Å². The molecule has 0 fully saturated rings. The van der Waals surface area contributed by atoms with Crippen LogP contribution in [0.3, 0.4) is 0 Å². The Kier molecular flexibility index (Phi) is 1.06. The molecular weight excluding hydrogens is 140 g/mol. The standard InChI is InChI=1S/C8H8N2O/c9-8-4-5-3-6(11)1-2-7(5)10-8/h1-4,10-11H,9H2. The molecule has 0 aliphatic heterocycles. The van der Waals surface area contributed by atoms with E-state index in [4.69, 9.17) is 10.8 Å². The van der Waals surface area contributed by atoms with E-state index in [1.165, 1.54) is 0 Å². The Hall–Kier alpha value is -1.64. The Balaban J connectivity index is 2.82. The summed E-state index contributed by atoms with van der Waals surface area (Å²) in [7, 11) is 0. The molecular formula is C8H8N2O. The monoisotopic (exact) mass is 148 g/mol. The first-order chi connectivity index (χ1) is 5.25. The van der Waals surface area contributed by atoms with Crippen molar-refractivity contribution in [3.8, 4) is 5.75 Å². The van der Waals surface area contributed by atoms with Crippen LogP contribution in [0.15, 0.2) is 24.3 Å². The van der Waals surface area contributed by atoms with Crippen LogP contribution in [0.2, 0.25) is 0 Å². The molecule has 2 aromatic rings. The molecule has 0 aliphatic carbocycles. The molecule has 3 nitrogen and oxygen atoms in total. The molecule has 3 heteroatoms. The predicted octanol–water partition coefficient (Wildman–Crippen LogP) is 1.46. The number of hydrogen-bond donors (Lipinski definition) is 3. The number of aromatic hydroxyl groups is 1. The summed E-state index contributed by atoms with van der Waals surface area (Å²) in [6.45, 7) is 0. The van der Waals surface area contributed by atoms with E-state index in [2.05, 4.69) is 4.98 Å². The van der Waals surface area contributed by atoms with Gasteiger partial charge in [-0.25, -0.2) is 0 Å². The van der Waals surface area contributed by atoms with Crippen molar-refractivity contribution in [2.75, 3.05) is 5.73 Å². The third-order valence-corrected chi connectivity index (χ3v) is 1.63. The molecule has 0 amide bonds. The Morgan fingerprint density at radius 2 is 2.09 bits per heavy atom. The van der Waals surface area contributed by atoms with Crippen molar-refractivity contribution in [2.24, 2.45) is 0 Å². The highest BCUT2D eigenvalue weighted by Gasteiger charge is 1.97. The van der Waals surface area contributed by atoms with Gasteiger partial charge >= 0.3 is 0 Å². The van der Waals surface area contributed by atoms with Crippen LogP contribution in [0.4, 0.5) is 5.82 Å². The molecule has 0 saturated carbocycles. The fourth-order valence-electron chi connectivity index (χ4n) is 1.14. The summed E-state index contributed by atoms with van der Waals surface area (Å²) in [4.78, 5) is 2.95. The molecule has 2 rings (SSSR count). The van der Waals surface area contributed by atoms with E-state index < -0.39 is 0 Å². The SMILES string of the molecule is Nc1cc2cc(O)ccc2[nH]1. The van der Waals surface area contributed by atoms with Gasteiger partial charge in [-0.2, -0.15) is 0 Å². The summed E-state index contributed by atoms with van der Waals surface area (Å²) in [5, 5.41) is 10.0. The number of phenolic OH excluding ortho intramolecular Hbond substituents is 1. The molecule has 4 N–H and O–H groups in total. The number of phenols is 1. The lowest BCUT2D eigenvalue weighted by atomic mass is 10.2. The Morgan fingerprint density at radius 3 is 2.91 bits per heavy atom. The first-order valence-corrected chi connectivity index (χ1v) is 3.33. The average Bonchev–Trinajstić information content (AvgIpc) is 2.27. The van der Waals surface area contributed by atoms with Crippen LogP contribution in [0, 0.1) is 0 Å². The van der Waals surface area contributed by atoms with Gasteiger partial charge in [0.15, 0.2) is 0 Å². The van der Waals surface area contributed by atoms with Crippen LogP contribution < -0.4 is 5.73 Å². The minimum atomic E-state index is 0.261. The van der Waals surface area contributed by atoms with E-state index >= 15 is 0 Å². The molecule has 1 aromatic carbocycles. The molecule has 0 spiro atoms. The molecule has 11 heavy (non-hydrogen) atoms. The summed E-state index contributed by atoms with van der Waals surface area (Å²) >= 11 is 0. The molecule has 0 atom stereocenters. The molecule has 56 valence electrons. The highest BCUT2D eigenvalue weighted by molar-refractivity contribution is 5.84. The number of H-pyrrole nitrogens is 1. The van der Waals surface area contributed by atoms with E-state index in [1.807, 2.05) is 0 Å². The molecule has 1 heterocycles. The topological polar surface area (TPSA) is 62.0 Å². The third-order valence-electron chi connectivity index (χ3n) is 1.63. The van der Waals surface area contributed by atoms with Gasteiger partial charge in [0.2, 0.25) is 0 Å². The number of rotatable bonds is 0. The van der Waals surface area contributed by atoms with Gasteiger partial charge < -0.3 is 15.8 Å².